The molecule has 160 valence electrons. The second kappa shape index (κ2) is 8.31. The van der Waals surface area contributed by atoms with E-state index in [9.17, 15) is 23.3 Å². The summed E-state index contributed by atoms with van der Waals surface area (Å²) in [5, 5.41) is 17.5. The Kier molecular flexibility index (Phi) is 5.55. The Morgan fingerprint density at radius 3 is 2.48 bits per heavy atom. The number of hydrogen-bond acceptors (Lipinski definition) is 6. The second-order valence-electron chi connectivity index (χ2n) is 7.35. The minimum absolute atomic E-state index is 0.0772. The Hall–Kier alpha value is -3.53. The van der Waals surface area contributed by atoms with Gasteiger partial charge in [-0.05, 0) is 49.2 Å². The number of sulfone groups is 1. The molecule has 31 heavy (non-hydrogen) atoms. The molecule has 1 aliphatic carbocycles. The van der Waals surface area contributed by atoms with E-state index in [-0.39, 0.29) is 21.5 Å². The molecule has 10 heteroatoms. The van der Waals surface area contributed by atoms with Crippen molar-refractivity contribution in [2.45, 2.75) is 35.8 Å². The van der Waals surface area contributed by atoms with Crippen LogP contribution in [-0.2, 0) is 9.84 Å². The SMILES string of the molecule is O=C(Nc1ccc(S(=O)(=O)C2CCCC2)cc1)c1ccn(-c2cccc([N+](=O)[O-])c2)n1. The van der Waals surface area contributed by atoms with Crippen LogP contribution in [0.25, 0.3) is 5.69 Å². The Morgan fingerprint density at radius 1 is 1.10 bits per heavy atom. The van der Waals surface area contributed by atoms with Crippen LogP contribution in [0.1, 0.15) is 36.2 Å². The van der Waals surface area contributed by atoms with Gasteiger partial charge >= 0.3 is 0 Å². The number of carbonyl (C=O) groups is 1. The molecule has 0 bridgehead atoms. The number of rotatable bonds is 6. The first-order chi connectivity index (χ1) is 14.8. The number of aromatic nitrogens is 2. The summed E-state index contributed by atoms with van der Waals surface area (Å²) >= 11 is 0. The van der Waals surface area contributed by atoms with E-state index in [0.29, 0.717) is 24.2 Å². The molecule has 0 saturated heterocycles. The fourth-order valence-electron chi connectivity index (χ4n) is 3.65. The molecule has 1 N–H and O–H groups in total. The summed E-state index contributed by atoms with van der Waals surface area (Å²) in [4.78, 5) is 23.2. The highest BCUT2D eigenvalue weighted by Gasteiger charge is 2.30. The number of nitrogens with zero attached hydrogens (tertiary/aromatic N) is 3. The normalized spacial score (nSPS) is 14.5. The van der Waals surface area contributed by atoms with Gasteiger partial charge in [-0.2, -0.15) is 5.10 Å². The van der Waals surface area contributed by atoms with Gasteiger partial charge in [0.2, 0.25) is 0 Å². The van der Waals surface area contributed by atoms with E-state index < -0.39 is 20.7 Å². The number of carbonyl (C=O) groups excluding carboxylic acids is 1. The topological polar surface area (TPSA) is 124 Å². The van der Waals surface area contributed by atoms with Crippen molar-refractivity contribution in [3.63, 3.8) is 0 Å². The lowest BCUT2D eigenvalue weighted by molar-refractivity contribution is -0.384. The van der Waals surface area contributed by atoms with E-state index in [2.05, 4.69) is 10.4 Å². The Bertz CT molecular complexity index is 1230. The lowest BCUT2D eigenvalue weighted by Gasteiger charge is -2.11. The van der Waals surface area contributed by atoms with Crippen molar-refractivity contribution in [3.05, 3.63) is 76.6 Å². The van der Waals surface area contributed by atoms with Gasteiger partial charge in [0, 0.05) is 24.0 Å². The Labute approximate surface area is 178 Å². The largest absolute Gasteiger partial charge is 0.321 e. The van der Waals surface area contributed by atoms with Gasteiger partial charge in [0.05, 0.1) is 20.8 Å². The van der Waals surface area contributed by atoms with Gasteiger partial charge in [0.1, 0.15) is 0 Å². The third kappa shape index (κ3) is 4.33. The molecule has 4 rings (SSSR count). The number of non-ortho nitro benzene ring substituents is 1. The molecule has 0 spiro atoms. The Balaban J connectivity index is 1.47. The summed E-state index contributed by atoms with van der Waals surface area (Å²) in [5.74, 6) is -0.476. The molecule has 1 aliphatic rings. The predicted molar refractivity (Wildman–Crippen MR) is 114 cm³/mol. The molecule has 3 aromatic rings. The van der Waals surface area contributed by atoms with Crippen LogP contribution in [0.15, 0.2) is 65.7 Å². The maximum Gasteiger partial charge on any atom is 0.276 e. The fourth-order valence-corrected chi connectivity index (χ4v) is 5.51. The number of nitrogens with one attached hydrogen (secondary N) is 1. The summed E-state index contributed by atoms with van der Waals surface area (Å²) < 4.78 is 26.7. The molecule has 0 radical (unpaired) electrons. The molecule has 1 heterocycles. The lowest BCUT2D eigenvalue weighted by atomic mass is 10.3. The number of benzene rings is 2. The van der Waals surface area contributed by atoms with Gasteiger partial charge in [-0.25, -0.2) is 13.1 Å². The molecule has 1 saturated carbocycles. The minimum Gasteiger partial charge on any atom is -0.321 e. The first-order valence-corrected chi connectivity index (χ1v) is 11.3. The second-order valence-corrected chi connectivity index (χ2v) is 9.58. The first-order valence-electron chi connectivity index (χ1n) is 9.80. The summed E-state index contributed by atoms with van der Waals surface area (Å²) in [6, 6.07) is 13.5. The summed E-state index contributed by atoms with van der Waals surface area (Å²) in [6.45, 7) is 0. The van der Waals surface area contributed by atoms with Crippen LogP contribution in [0.3, 0.4) is 0 Å². The summed E-state index contributed by atoms with van der Waals surface area (Å²) in [7, 11) is -3.35. The molecular formula is C21H20N4O5S. The predicted octanol–water partition coefficient (Wildman–Crippen LogP) is 3.75. The summed E-state index contributed by atoms with van der Waals surface area (Å²) in [6.07, 6.45) is 4.77. The third-order valence-electron chi connectivity index (χ3n) is 5.31. The molecule has 2 aromatic carbocycles. The number of anilines is 1. The van der Waals surface area contributed by atoms with Gasteiger partial charge < -0.3 is 5.32 Å². The average Bonchev–Trinajstić information content (AvgIpc) is 3.47. The van der Waals surface area contributed by atoms with E-state index in [1.807, 2.05) is 0 Å². The molecule has 0 atom stereocenters. The van der Waals surface area contributed by atoms with Crippen LogP contribution in [0, 0.1) is 10.1 Å². The van der Waals surface area contributed by atoms with Crippen molar-refractivity contribution < 1.29 is 18.1 Å². The van der Waals surface area contributed by atoms with Crippen molar-refractivity contribution in [3.8, 4) is 5.69 Å². The van der Waals surface area contributed by atoms with Gasteiger partial charge in [-0.1, -0.05) is 18.9 Å². The van der Waals surface area contributed by atoms with Gasteiger partial charge in [0.25, 0.3) is 11.6 Å². The van der Waals surface area contributed by atoms with E-state index >= 15 is 0 Å². The zero-order valence-electron chi connectivity index (χ0n) is 16.5. The van der Waals surface area contributed by atoms with Crippen LogP contribution in [0.2, 0.25) is 0 Å². The maximum absolute atomic E-state index is 12.7. The highest BCUT2D eigenvalue weighted by Crippen LogP contribution is 2.30. The van der Waals surface area contributed by atoms with Crippen molar-refractivity contribution in [1.29, 1.82) is 0 Å². The maximum atomic E-state index is 12.7. The standard InChI is InChI=1S/C21H20N4O5S/c26-21(20-12-13-24(23-20)16-4-3-5-17(14-16)25(27)28)22-15-8-10-19(11-9-15)31(29,30)18-6-1-2-7-18/h3-5,8-14,18H,1-2,6-7H2,(H,22,26). The van der Waals surface area contributed by atoms with E-state index in [1.54, 1.807) is 18.2 Å². The number of nitro benzene ring substituents is 1. The molecule has 1 amide bonds. The van der Waals surface area contributed by atoms with Crippen LogP contribution in [0.5, 0.6) is 0 Å². The lowest BCUT2D eigenvalue weighted by Crippen LogP contribution is -2.18. The molecule has 0 unspecified atom stereocenters. The fraction of sp³-hybridized carbons (Fsp3) is 0.238. The van der Waals surface area contributed by atoms with Crippen LogP contribution in [0.4, 0.5) is 11.4 Å². The van der Waals surface area contributed by atoms with E-state index in [1.165, 1.54) is 47.3 Å². The molecule has 1 fully saturated rings. The van der Waals surface area contributed by atoms with Gasteiger partial charge in [-0.3, -0.25) is 14.9 Å². The quantitative estimate of drug-likeness (QED) is 0.460. The third-order valence-corrected chi connectivity index (χ3v) is 7.59. The highest BCUT2D eigenvalue weighted by molar-refractivity contribution is 7.92. The molecule has 1 aromatic heterocycles. The minimum atomic E-state index is -3.35. The van der Waals surface area contributed by atoms with Gasteiger partial charge in [-0.15, -0.1) is 0 Å². The molecule has 9 nitrogen and oxygen atoms in total. The van der Waals surface area contributed by atoms with Gasteiger partial charge in [0.15, 0.2) is 15.5 Å². The van der Waals surface area contributed by atoms with E-state index in [0.717, 1.165) is 12.8 Å². The smallest absolute Gasteiger partial charge is 0.276 e. The summed E-state index contributed by atoms with van der Waals surface area (Å²) in [5.41, 5.74) is 0.941. The monoisotopic (exact) mass is 440 g/mol. The van der Waals surface area contributed by atoms with E-state index in [4.69, 9.17) is 0 Å². The zero-order chi connectivity index (χ0) is 22.0. The number of hydrogen-bond donors (Lipinski definition) is 1. The zero-order valence-corrected chi connectivity index (χ0v) is 17.3. The van der Waals surface area contributed by atoms with Crippen molar-refractivity contribution >= 4 is 27.1 Å². The Morgan fingerprint density at radius 2 is 1.81 bits per heavy atom. The van der Waals surface area contributed by atoms with Crippen LogP contribution >= 0.6 is 0 Å². The van der Waals surface area contributed by atoms with Crippen molar-refractivity contribution in [2.24, 2.45) is 0 Å². The number of amides is 1. The highest BCUT2D eigenvalue weighted by atomic mass is 32.2. The average molecular weight is 440 g/mol. The molecular weight excluding hydrogens is 420 g/mol. The van der Waals surface area contributed by atoms with Crippen LogP contribution < -0.4 is 5.32 Å². The number of nitro groups is 1. The molecule has 0 aliphatic heterocycles. The van der Waals surface area contributed by atoms with Crippen LogP contribution in [-0.4, -0.2) is 34.3 Å². The van der Waals surface area contributed by atoms with Crippen molar-refractivity contribution in [1.82, 2.24) is 9.78 Å². The van der Waals surface area contributed by atoms with Crippen molar-refractivity contribution in [2.75, 3.05) is 5.32 Å². The first kappa shape index (κ1) is 20.7.